The molecule has 9 heteroatoms. The maximum Gasteiger partial charge on any atom is 0.356 e. The number of rotatable bonds is 12. The summed E-state index contributed by atoms with van der Waals surface area (Å²) in [5.41, 5.74) is 2.78. The Morgan fingerprint density at radius 2 is 1.20 bits per heavy atom. The third kappa shape index (κ3) is 7.05. The van der Waals surface area contributed by atoms with Crippen LogP contribution in [0.3, 0.4) is 0 Å². The van der Waals surface area contributed by atoms with E-state index < -0.39 is 30.8 Å². The van der Waals surface area contributed by atoms with Gasteiger partial charge in [-0.15, -0.1) is 23.1 Å². The maximum atomic E-state index is 15.0. The van der Waals surface area contributed by atoms with E-state index in [1.54, 1.807) is 16.7 Å². The molecule has 2 aliphatic heterocycles. The van der Waals surface area contributed by atoms with Gasteiger partial charge in [-0.3, -0.25) is 14.5 Å². The highest BCUT2D eigenvalue weighted by Crippen LogP contribution is 2.58. The second kappa shape index (κ2) is 16.0. The van der Waals surface area contributed by atoms with Crippen molar-refractivity contribution in [3.8, 4) is 0 Å². The quantitative estimate of drug-likeness (QED) is 0.0807. The number of esters is 1. The number of nitrogens with zero attached hydrogens (tertiary/aromatic N) is 1. The lowest BCUT2D eigenvalue weighted by Gasteiger charge is -2.50. The van der Waals surface area contributed by atoms with E-state index >= 15 is 0 Å². The van der Waals surface area contributed by atoms with Crippen LogP contribution in [0.5, 0.6) is 0 Å². The Kier molecular flexibility index (Phi) is 10.6. The second-order valence-corrected chi connectivity index (χ2v) is 18.9. The molecular weight excluding hydrogens is 728 g/mol. The average Bonchev–Trinajstić information content (AvgIpc) is 3.75. The van der Waals surface area contributed by atoms with Gasteiger partial charge in [0.1, 0.15) is 40.3 Å². The monoisotopic (exact) mass is 765 g/mol. The summed E-state index contributed by atoms with van der Waals surface area (Å²) in [6, 6.07) is 54.0. The van der Waals surface area contributed by atoms with Gasteiger partial charge < -0.3 is 10.1 Å². The molecule has 1 saturated heterocycles. The van der Waals surface area contributed by atoms with E-state index in [-0.39, 0.29) is 23.9 Å². The van der Waals surface area contributed by atoms with Crippen LogP contribution >= 0.6 is 30.4 Å². The first-order chi connectivity index (χ1) is 26.5. The fraction of sp³-hybridized carbons (Fsp3) is 0.133. The Labute approximate surface area is 324 Å². The molecule has 6 nitrogen and oxygen atoms in total. The summed E-state index contributed by atoms with van der Waals surface area (Å²) in [5, 5.41) is 8.00. The van der Waals surface area contributed by atoms with Crippen LogP contribution in [0.25, 0.3) is 0 Å². The molecule has 0 radical (unpaired) electrons. The first kappa shape index (κ1) is 35.7. The Morgan fingerprint density at radius 1 is 0.704 bits per heavy atom. The molecule has 0 unspecified atom stereocenters. The molecule has 54 heavy (non-hydrogen) atoms. The van der Waals surface area contributed by atoms with Crippen molar-refractivity contribution >= 4 is 64.1 Å². The number of hydrogen-bond donors (Lipinski definition) is 1. The van der Waals surface area contributed by atoms with E-state index in [0.29, 0.717) is 11.9 Å². The van der Waals surface area contributed by atoms with Crippen molar-refractivity contribution in [2.45, 2.75) is 23.9 Å². The largest absolute Gasteiger partial charge is 0.448 e. The molecule has 1 N–H and O–H groups in total. The fourth-order valence-corrected chi connectivity index (χ4v) is 13.9. The normalized spacial score (nSPS) is 16.8. The minimum Gasteiger partial charge on any atom is -0.448 e. The van der Waals surface area contributed by atoms with Gasteiger partial charge in [-0.25, -0.2) is 4.79 Å². The van der Waals surface area contributed by atoms with Crippen molar-refractivity contribution < 1.29 is 19.1 Å². The summed E-state index contributed by atoms with van der Waals surface area (Å²) in [4.78, 5) is 44.9. The molecule has 0 bridgehead atoms. The first-order valence-corrected chi connectivity index (χ1v) is 21.8. The number of carbonyl (C=O) groups is 3. The maximum absolute atomic E-state index is 15.0. The van der Waals surface area contributed by atoms with E-state index in [9.17, 15) is 14.4 Å². The second-order valence-electron chi connectivity index (χ2n) is 13.2. The average molecular weight is 766 g/mol. The Morgan fingerprint density at radius 3 is 1.69 bits per heavy atom. The first-order valence-electron chi connectivity index (χ1n) is 17.9. The van der Waals surface area contributed by atoms with Crippen LogP contribution < -0.4 is 21.2 Å². The SMILES string of the molecule is O=C(Cc1cccs1)N[C@@H]1C(=O)N2C(C(=O)OC(c3ccccc3)c3ccccc3)=C(C[P+](c3ccccc3)(c3ccccc3)c3ccccc3)CS[C@@H]12. The third-order valence-corrected chi connectivity index (χ3v) is 16.5. The van der Waals surface area contributed by atoms with Crippen molar-refractivity contribution in [1.29, 1.82) is 0 Å². The third-order valence-electron chi connectivity index (χ3n) is 9.92. The number of nitrogens with one attached hydrogen (secondary N) is 1. The summed E-state index contributed by atoms with van der Waals surface area (Å²) >= 11 is 3.09. The Balaban J connectivity index is 1.24. The van der Waals surface area contributed by atoms with Crippen molar-refractivity contribution in [3.05, 3.63) is 196 Å². The van der Waals surface area contributed by atoms with Gasteiger partial charge >= 0.3 is 5.97 Å². The number of hydrogen-bond acceptors (Lipinski definition) is 6. The molecule has 2 atom stereocenters. The summed E-state index contributed by atoms with van der Waals surface area (Å²) in [6.07, 6.45) is 0.0229. The molecule has 1 aromatic heterocycles. The highest BCUT2D eigenvalue weighted by Gasteiger charge is 2.57. The molecule has 1 fully saturated rings. The van der Waals surface area contributed by atoms with Crippen LogP contribution in [0.4, 0.5) is 0 Å². The predicted molar refractivity (Wildman–Crippen MR) is 221 cm³/mol. The van der Waals surface area contributed by atoms with Crippen LogP contribution in [0.2, 0.25) is 0 Å². The molecule has 5 aromatic carbocycles. The van der Waals surface area contributed by atoms with Crippen molar-refractivity contribution in [2.75, 3.05) is 11.9 Å². The zero-order valence-corrected chi connectivity index (χ0v) is 31.9. The van der Waals surface area contributed by atoms with Gasteiger partial charge in [0.2, 0.25) is 5.91 Å². The molecule has 2 aliphatic rings. The van der Waals surface area contributed by atoms with Gasteiger partial charge in [0.25, 0.3) is 5.91 Å². The van der Waals surface area contributed by atoms with Crippen LogP contribution in [-0.4, -0.2) is 46.0 Å². The zero-order chi connectivity index (χ0) is 36.9. The fourth-order valence-electron chi connectivity index (χ4n) is 7.39. The smallest absolute Gasteiger partial charge is 0.356 e. The topological polar surface area (TPSA) is 75.7 Å². The number of fused-ring (bicyclic) bond motifs is 1. The molecule has 0 aliphatic carbocycles. The van der Waals surface area contributed by atoms with E-state index in [4.69, 9.17) is 4.74 Å². The number of carbonyl (C=O) groups excluding carboxylic acids is 3. The molecular formula is C45H38N2O4PS2+. The number of ether oxygens (including phenoxy) is 1. The lowest BCUT2D eigenvalue weighted by Crippen LogP contribution is -2.70. The van der Waals surface area contributed by atoms with Crippen LogP contribution in [0, 0.1) is 0 Å². The van der Waals surface area contributed by atoms with E-state index in [1.807, 2.05) is 96.4 Å². The van der Waals surface area contributed by atoms with Crippen LogP contribution in [-0.2, 0) is 25.5 Å². The predicted octanol–water partition coefficient (Wildman–Crippen LogP) is 7.27. The number of amides is 2. The Bertz CT molecular complexity index is 2120. The lowest BCUT2D eigenvalue weighted by atomic mass is 10.0. The van der Waals surface area contributed by atoms with Crippen LogP contribution in [0.1, 0.15) is 22.1 Å². The minimum atomic E-state index is -2.45. The van der Waals surface area contributed by atoms with Crippen LogP contribution in [0.15, 0.2) is 180 Å². The summed E-state index contributed by atoms with van der Waals surface area (Å²) in [6.45, 7) is 0. The van der Waals surface area contributed by atoms with E-state index in [2.05, 4.69) is 78.1 Å². The molecule has 3 heterocycles. The summed E-state index contributed by atoms with van der Waals surface area (Å²) in [5.74, 6) is -0.594. The summed E-state index contributed by atoms with van der Waals surface area (Å²) in [7, 11) is -2.45. The Hall–Kier alpha value is -5.27. The standard InChI is InChI=1S/C45H37N2O4PS2/c48-39(29-38-27-16-28-53-38)46-40-43(49)47-41(45(50)51-42(32-17-6-1-7-18-32)33-19-8-2-9-20-33)34(31-54-44(40)47)30-52(35-21-10-3-11-22-35,36-23-12-4-13-24-36)37-25-14-5-15-26-37/h1-28,40,42,44H,29-31H2/p+1/t40-,44+/m1/s1. The number of thioether (sulfide) groups is 1. The lowest BCUT2D eigenvalue weighted by molar-refractivity contribution is -0.154. The highest BCUT2D eigenvalue weighted by molar-refractivity contribution is 8.00. The molecule has 6 aromatic rings. The van der Waals surface area contributed by atoms with Gasteiger partial charge in [0, 0.05) is 16.2 Å². The number of β-lactam (4-membered cyclic amide) rings is 1. The van der Waals surface area contributed by atoms with E-state index in [0.717, 1.165) is 21.6 Å². The van der Waals surface area contributed by atoms with Gasteiger partial charge in [0.05, 0.1) is 12.6 Å². The number of benzene rings is 5. The molecule has 0 spiro atoms. The number of thiophene rings is 1. The van der Waals surface area contributed by atoms with Gasteiger partial charge in [-0.1, -0.05) is 121 Å². The van der Waals surface area contributed by atoms with Crippen molar-refractivity contribution in [2.24, 2.45) is 0 Å². The van der Waals surface area contributed by atoms with Gasteiger partial charge in [0.15, 0.2) is 6.10 Å². The highest BCUT2D eigenvalue weighted by atomic mass is 32.2. The molecule has 8 rings (SSSR count). The van der Waals surface area contributed by atoms with Gasteiger partial charge in [-0.05, 0) is 59.0 Å². The molecule has 2 amide bonds. The minimum absolute atomic E-state index is 0.197. The summed E-state index contributed by atoms with van der Waals surface area (Å²) < 4.78 is 6.54. The molecule has 268 valence electrons. The van der Waals surface area contributed by atoms with Gasteiger partial charge in [-0.2, -0.15) is 0 Å². The van der Waals surface area contributed by atoms with Crippen molar-refractivity contribution in [1.82, 2.24) is 10.2 Å². The van der Waals surface area contributed by atoms with Crippen molar-refractivity contribution in [3.63, 3.8) is 0 Å². The molecule has 0 saturated carbocycles. The zero-order valence-electron chi connectivity index (χ0n) is 29.4. The van der Waals surface area contributed by atoms with E-state index in [1.165, 1.54) is 27.3 Å².